The van der Waals surface area contributed by atoms with E-state index in [9.17, 15) is 19.2 Å². The lowest BCUT2D eigenvalue weighted by atomic mass is 10.1. The Bertz CT molecular complexity index is 1200. The molecule has 34 heavy (non-hydrogen) atoms. The molecule has 0 radical (unpaired) electrons. The van der Waals surface area contributed by atoms with E-state index in [-0.39, 0.29) is 17.4 Å². The molecule has 2 saturated heterocycles. The van der Waals surface area contributed by atoms with E-state index in [1.165, 1.54) is 7.11 Å². The summed E-state index contributed by atoms with van der Waals surface area (Å²) in [5, 5.41) is -0.470. The highest BCUT2D eigenvalue weighted by Gasteiger charge is 2.37. The number of ether oxygens (including phenoxy) is 2. The molecule has 9 nitrogen and oxygen atoms in total. The molecular weight excluding hydrogens is 458 g/mol. The summed E-state index contributed by atoms with van der Waals surface area (Å²) in [6.07, 6.45) is 1.66. The topological polar surface area (TPSA) is 98.2 Å². The molecule has 0 aliphatic carbocycles. The number of thioether (sulfide) groups is 1. The summed E-state index contributed by atoms with van der Waals surface area (Å²) < 4.78 is 12.1. The van der Waals surface area contributed by atoms with Gasteiger partial charge in [-0.3, -0.25) is 19.3 Å². The Balaban J connectivity index is 1.60. The lowest BCUT2D eigenvalue weighted by Crippen LogP contribution is -2.46. The quantitative estimate of drug-likeness (QED) is 0.476. The number of morpholine rings is 1. The second kappa shape index (κ2) is 9.86. The Morgan fingerprint density at radius 1 is 1.15 bits per heavy atom. The number of rotatable bonds is 5. The van der Waals surface area contributed by atoms with Crippen LogP contribution in [0.25, 0.3) is 11.8 Å². The number of benzene rings is 1. The number of hydrogen-bond donors (Lipinski definition) is 0. The van der Waals surface area contributed by atoms with Crippen molar-refractivity contribution in [3.8, 4) is 5.69 Å². The van der Waals surface area contributed by atoms with Crippen LogP contribution in [0.3, 0.4) is 0 Å². The summed E-state index contributed by atoms with van der Waals surface area (Å²) in [6, 6.07) is 8.99. The van der Waals surface area contributed by atoms with Gasteiger partial charge >= 0.3 is 5.97 Å². The molecule has 2 aromatic rings. The van der Waals surface area contributed by atoms with Crippen LogP contribution in [0.5, 0.6) is 0 Å². The van der Waals surface area contributed by atoms with Gasteiger partial charge in [0.2, 0.25) is 5.91 Å². The van der Waals surface area contributed by atoms with Gasteiger partial charge in [0, 0.05) is 24.5 Å². The second-order valence-corrected chi connectivity index (χ2v) is 8.92. The van der Waals surface area contributed by atoms with Crippen molar-refractivity contribution >= 4 is 40.9 Å². The van der Waals surface area contributed by atoms with E-state index in [2.05, 4.69) is 0 Å². The number of nitrogens with zero attached hydrogens (tertiary/aromatic N) is 3. The molecule has 0 saturated carbocycles. The standard InChI is InChI=1S/C24H25N3O6S/c1-15-12-17(16(2)27(15)19-7-5-4-6-18(19)23(30)32-3)13-20-22(29)26(24(31)34-20)14-21(28)25-8-10-33-11-9-25/h4-7,12-13H,8-11,14H2,1-3H3/b20-13+. The Morgan fingerprint density at radius 3 is 2.56 bits per heavy atom. The summed E-state index contributed by atoms with van der Waals surface area (Å²) in [7, 11) is 1.33. The van der Waals surface area contributed by atoms with Crippen molar-refractivity contribution in [2.75, 3.05) is 40.0 Å². The maximum absolute atomic E-state index is 12.9. The molecule has 2 aliphatic heterocycles. The fourth-order valence-corrected chi connectivity index (χ4v) is 4.91. The molecule has 0 unspecified atom stereocenters. The Kier molecular flexibility index (Phi) is 6.90. The molecule has 0 bridgehead atoms. The van der Waals surface area contributed by atoms with Crippen LogP contribution in [-0.4, -0.2) is 77.3 Å². The predicted octanol–water partition coefficient (Wildman–Crippen LogP) is 2.78. The molecule has 0 atom stereocenters. The number of hydrogen-bond acceptors (Lipinski definition) is 7. The lowest BCUT2D eigenvalue weighted by Gasteiger charge is -2.28. The number of methoxy groups -OCH3 is 1. The third-order valence-corrected chi connectivity index (χ3v) is 6.75. The molecule has 2 aliphatic rings. The van der Waals surface area contributed by atoms with E-state index in [0.717, 1.165) is 33.6 Å². The van der Waals surface area contributed by atoms with Gasteiger partial charge < -0.3 is 18.9 Å². The third-order valence-electron chi connectivity index (χ3n) is 5.84. The molecular formula is C24H25N3O6S. The van der Waals surface area contributed by atoms with Gasteiger partial charge in [-0.25, -0.2) is 4.79 Å². The van der Waals surface area contributed by atoms with Crippen molar-refractivity contribution in [3.63, 3.8) is 0 Å². The second-order valence-electron chi connectivity index (χ2n) is 7.93. The van der Waals surface area contributed by atoms with E-state index in [4.69, 9.17) is 9.47 Å². The highest BCUT2D eigenvalue weighted by molar-refractivity contribution is 8.18. The van der Waals surface area contributed by atoms with Crippen LogP contribution in [0.2, 0.25) is 0 Å². The van der Waals surface area contributed by atoms with Gasteiger partial charge in [0.25, 0.3) is 11.1 Å². The molecule has 178 valence electrons. The number of para-hydroxylation sites is 1. The van der Waals surface area contributed by atoms with Gasteiger partial charge in [0.1, 0.15) is 6.54 Å². The number of esters is 1. The van der Waals surface area contributed by atoms with Crippen molar-refractivity contribution in [1.82, 2.24) is 14.4 Å². The fraction of sp³-hybridized carbons (Fsp3) is 0.333. The van der Waals surface area contributed by atoms with E-state index in [1.807, 2.05) is 36.6 Å². The SMILES string of the molecule is COC(=O)c1ccccc1-n1c(C)cc(/C=C2/SC(=O)N(CC(=O)N3CCOCC3)C2=O)c1C. The highest BCUT2D eigenvalue weighted by Crippen LogP contribution is 2.34. The number of amides is 3. The maximum Gasteiger partial charge on any atom is 0.339 e. The van der Waals surface area contributed by atoms with Crippen LogP contribution in [-0.2, 0) is 19.1 Å². The van der Waals surface area contributed by atoms with Crippen molar-refractivity contribution in [1.29, 1.82) is 0 Å². The first-order valence-electron chi connectivity index (χ1n) is 10.8. The van der Waals surface area contributed by atoms with Gasteiger partial charge in [0.05, 0.1) is 36.5 Å². The molecule has 0 spiro atoms. The number of aryl methyl sites for hydroxylation is 1. The minimum Gasteiger partial charge on any atom is -0.465 e. The molecule has 10 heteroatoms. The number of aromatic nitrogens is 1. The third kappa shape index (κ3) is 4.51. The largest absolute Gasteiger partial charge is 0.465 e. The van der Waals surface area contributed by atoms with Crippen molar-refractivity contribution < 1.29 is 28.7 Å². The van der Waals surface area contributed by atoms with E-state index >= 15 is 0 Å². The highest BCUT2D eigenvalue weighted by atomic mass is 32.2. The number of carbonyl (C=O) groups is 4. The fourth-order valence-electron chi connectivity index (χ4n) is 4.08. The average molecular weight is 484 g/mol. The minimum absolute atomic E-state index is 0.251. The molecule has 0 N–H and O–H groups in total. The lowest BCUT2D eigenvalue weighted by molar-refractivity contribution is -0.139. The first-order valence-corrected chi connectivity index (χ1v) is 11.6. The van der Waals surface area contributed by atoms with Gasteiger partial charge in [-0.05, 0) is 55.4 Å². The van der Waals surface area contributed by atoms with E-state index in [0.29, 0.717) is 37.6 Å². The first kappa shape index (κ1) is 23.8. The van der Waals surface area contributed by atoms with Crippen LogP contribution in [0.15, 0.2) is 35.2 Å². The smallest absolute Gasteiger partial charge is 0.339 e. The summed E-state index contributed by atoms with van der Waals surface area (Å²) in [6.45, 7) is 5.27. The van der Waals surface area contributed by atoms with Gasteiger partial charge in [-0.2, -0.15) is 0 Å². The van der Waals surface area contributed by atoms with Crippen molar-refractivity contribution in [2.45, 2.75) is 13.8 Å². The summed E-state index contributed by atoms with van der Waals surface area (Å²) in [5.74, 6) is -1.21. The van der Waals surface area contributed by atoms with Gasteiger partial charge in [0.15, 0.2) is 0 Å². The first-order chi connectivity index (χ1) is 16.3. The van der Waals surface area contributed by atoms with Crippen LogP contribution in [0.4, 0.5) is 4.79 Å². The summed E-state index contributed by atoms with van der Waals surface area (Å²) in [4.78, 5) is 53.1. The van der Waals surface area contributed by atoms with Crippen molar-refractivity contribution in [2.24, 2.45) is 0 Å². The Hall–Kier alpha value is -3.37. The monoisotopic (exact) mass is 483 g/mol. The predicted molar refractivity (Wildman–Crippen MR) is 127 cm³/mol. The molecule has 1 aromatic heterocycles. The normalized spacial score (nSPS) is 17.6. The number of imide groups is 1. The van der Waals surface area contributed by atoms with Crippen LogP contribution in [0.1, 0.15) is 27.3 Å². The number of carbonyl (C=O) groups excluding carboxylic acids is 4. The Labute approximate surface area is 201 Å². The van der Waals surface area contributed by atoms with Crippen LogP contribution < -0.4 is 0 Å². The van der Waals surface area contributed by atoms with Gasteiger partial charge in [-0.1, -0.05) is 12.1 Å². The van der Waals surface area contributed by atoms with E-state index in [1.54, 1.807) is 23.1 Å². The zero-order chi connectivity index (χ0) is 24.4. The van der Waals surface area contributed by atoms with E-state index < -0.39 is 17.1 Å². The Morgan fingerprint density at radius 2 is 1.85 bits per heavy atom. The van der Waals surface area contributed by atoms with Crippen LogP contribution >= 0.6 is 11.8 Å². The molecule has 2 fully saturated rings. The summed E-state index contributed by atoms with van der Waals surface area (Å²) >= 11 is 0.816. The minimum atomic E-state index is -0.489. The molecule has 3 amide bonds. The molecule has 3 heterocycles. The zero-order valence-corrected chi connectivity index (χ0v) is 20.0. The van der Waals surface area contributed by atoms with Crippen molar-refractivity contribution in [3.05, 3.63) is 57.8 Å². The zero-order valence-electron chi connectivity index (χ0n) is 19.2. The van der Waals surface area contributed by atoms with Crippen LogP contribution in [0, 0.1) is 13.8 Å². The van der Waals surface area contributed by atoms with Gasteiger partial charge in [-0.15, -0.1) is 0 Å². The summed E-state index contributed by atoms with van der Waals surface area (Å²) in [5.41, 5.74) is 3.46. The molecule has 4 rings (SSSR count). The molecule has 1 aromatic carbocycles. The maximum atomic E-state index is 12.9. The average Bonchev–Trinajstić information content (AvgIpc) is 3.27.